The van der Waals surface area contributed by atoms with Crippen molar-refractivity contribution in [3.8, 4) is 11.5 Å². The van der Waals surface area contributed by atoms with E-state index < -0.39 is 0 Å². The highest BCUT2D eigenvalue weighted by Gasteiger charge is 2.13. The molecule has 4 rings (SSSR count). The van der Waals surface area contributed by atoms with Gasteiger partial charge in [-0.25, -0.2) is 0 Å². The minimum Gasteiger partial charge on any atom is -0.490 e. The molecule has 0 spiro atoms. The lowest BCUT2D eigenvalue weighted by Gasteiger charge is -2.28. The van der Waals surface area contributed by atoms with Gasteiger partial charge in [-0.3, -0.25) is 4.99 Å². The Morgan fingerprint density at radius 1 is 1.00 bits per heavy atom. The first-order valence-corrected chi connectivity index (χ1v) is 11.6. The number of ether oxygens (including phenoxy) is 3. The van der Waals surface area contributed by atoms with Gasteiger partial charge in [0.15, 0.2) is 11.5 Å². The lowest BCUT2D eigenvalue weighted by molar-refractivity contribution is 0.122. The molecule has 0 bridgehead atoms. The van der Waals surface area contributed by atoms with E-state index >= 15 is 0 Å². The third kappa shape index (κ3) is 5.90. The molecule has 0 aromatic heterocycles. The van der Waals surface area contributed by atoms with Crippen molar-refractivity contribution in [1.29, 1.82) is 0 Å². The standard InChI is InChI=1S/C26H27BrN2O3/c1-2-31-25-17-21(16-24(27)26(25)32-19-20-6-4-3-5-7-20)18-28-22-8-10-23(11-9-22)29-12-14-30-15-13-29/h3-11,16-18H,2,12-15,19H2,1H3. The molecule has 166 valence electrons. The Bertz CT molecular complexity index is 1030. The summed E-state index contributed by atoms with van der Waals surface area (Å²) in [5.41, 5.74) is 4.15. The van der Waals surface area contributed by atoms with Crippen LogP contribution >= 0.6 is 15.9 Å². The second-order valence-electron chi connectivity index (χ2n) is 7.41. The summed E-state index contributed by atoms with van der Waals surface area (Å²) < 4.78 is 18.2. The molecule has 3 aromatic carbocycles. The normalized spacial score (nSPS) is 14.0. The van der Waals surface area contributed by atoms with Gasteiger partial charge in [0.05, 0.1) is 30.0 Å². The fraction of sp³-hybridized carbons (Fsp3) is 0.269. The van der Waals surface area contributed by atoms with Gasteiger partial charge in [-0.2, -0.15) is 0 Å². The van der Waals surface area contributed by atoms with Gasteiger partial charge in [-0.1, -0.05) is 30.3 Å². The number of halogens is 1. The van der Waals surface area contributed by atoms with Crippen LogP contribution in [0.15, 0.2) is 76.2 Å². The monoisotopic (exact) mass is 494 g/mol. The summed E-state index contributed by atoms with van der Waals surface area (Å²) >= 11 is 3.64. The second kappa shape index (κ2) is 11.2. The lowest BCUT2D eigenvalue weighted by Crippen LogP contribution is -2.36. The van der Waals surface area contributed by atoms with Gasteiger partial charge < -0.3 is 19.1 Å². The van der Waals surface area contributed by atoms with Crippen LogP contribution in [-0.4, -0.2) is 39.1 Å². The van der Waals surface area contributed by atoms with Crippen molar-refractivity contribution in [2.75, 3.05) is 37.8 Å². The Hall–Kier alpha value is -2.83. The zero-order valence-corrected chi connectivity index (χ0v) is 19.8. The van der Waals surface area contributed by atoms with Gasteiger partial charge in [0.25, 0.3) is 0 Å². The van der Waals surface area contributed by atoms with Gasteiger partial charge in [-0.05, 0) is 70.4 Å². The smallest absolute Gasteiger partial charge is 0.175 e. The molecule has 0 saturated carbocycles. The molecule has 0 N–H and O–H groups in total. The molecule has 1 aliphatic heterocycles. The summed E-state index contributed by atoms with van der Waals surface area (Å²) in [6.45, 7) is 6.40. The largest absolute Gasteiger partial charge is 0.490 e. The second-order valence-corrected chi connectivity index (χ2v) is 8.27. The Labute approximate surface area is 197 Å². The number of nitrogens with zero attached hydrogens (tertiary/aromatic N) is 2. The number of hydrogen-bond donors (Lipinski definition) is 0. The molecular formula is C26H27BrN2O3. The topological polar surface area (TPSA) is 43.3 Å². The fourth-order valence-corrected chi connectivity index (χ4v) is 4.09. The molecule has 3 aromatic rings. The zero-order valence-electron chi connectivity index (χ0n) is 18.2. The van der Waals surface area contributed by atoms with E-state index in [2.05, 4.69) is 38.0 Å². The van der Waals surface area contributed by atoms with Gasteiger partial charge in [0.2, 0.25) is 0 Å². The number of anilines is 1. The average molecular weight is 495 g/mol. The van der Waals surface area contributed by atoms with Crippen LogP contribution in [0.25, 0.3) is 0 Å². The van der Waals surface area contributed by atoms with Crippen molar-refractivity contribution in [2.24, 2.45) is 4.99 Å². The van der Waals surface area contributed by atoms with E-state index in [1.165, 1.54) is 5.69 Å². The molecule has 1 saturated heterocycles. The summed E-state index contributed by atoms with van der Waals surface area (Å²) in [4.78, 5) is 6.97. The van der Waals surface area contributed by atoms with Gasteiger partial charge in [0, 0.05) is 25.0 Å². The molecule has 5 nitrogen and oxygen atoms in total. The summed E-state index contributed by atoms with van der Waals surface area (Å²) in [7, 11) is 0. The maximum absolute atomic E-state index is 6.07. The van der Waals surface area contributed by atoms with Crippen LogP contribution in [0.3, 0.4) is 0 Å². The lowest BCUT2D eigenvalue weighted by atomic mass is 10.2. The third-order valence-electron chi connectivity index (χ3n) is 5.15. The van der Waals surface area contributed by atoms with Crippen molar-refractivity contribution in [1.82, 2.24) is 0 Å². The highest BCUT2D eigenvalue weighted by molar-refractivity contribution is 9.10. The van der Waals surface area contributed by atoms with Crippen molar-refractivity contribution >= 4 is 33.5 Å². The molecule has 6 heteroatoms. The minimum absolute atomic E-state index is 0.475. The van der Waals surface area contributed by atoms with Crippen LogP contribution in [0, 0.1) is 0 Å². The third-order valence-corrected chi connectivity index (χ3v) is 5.74. The van der Waals surface area contributed by atoms with Crippen LogP contribution in [0.2, 0.25) is 0 Å². The predicted octanol–water partition coefficient (Wildman–Crippen LogP) is 6.01. The number of aliphatic imine (C=N–C) groups is 1. The number of benzene rings is 3. The Morgan fingerprint density at radius 3 is 2.47 bits per heavy atom. The van der Waals surface area contributed by atoms with Crippen LogP contribution in [0.4, 0.5) is 11.4 Å². The molecular weight excluding hydrogens is 468 g/mol. The molecule has 0 radical (unpaired) electrons. The molecule has 1 fully saturated rings. The summed E-state index contributed by atoms with van der Waals surface area (Å²) in [6.07, 6.45) is 1.85. The van der Waals surface area contributed by atoms with Crippen molar-refractivity contribution in [3.05, 3.63) is 82.3 Å². The van der Waals surface area contributed by atoms with E-state index in [0.717, 1.165) is 47.6 Å². The number of rotatable bonds is 8. The Balaban J connectivity index is 1.47. The SMILES string of the molecule is CCOc1cc(C=Nc2ccc(N3CCOCC3)cc2)cc(Br)c1OCc1ccccc1. The van der Waals surface area contributed by atoms with E-state index in [1.54, 1.807) is 0 Å². The molecule has 1 heterocycles. The molecule has 32 heavy (non-hydrogen) atoms. The van der Waals surface area contributed by atoms with E-state index in [1.807, 2.05) is 67.7 Å². The first kappa shape index (κ1) is 22.4. The maximum atomic E-state index is 6.07. The maximum Gasteiger partial charge on any atom is 0.175 e. The zero-order chi connectivity index (χ0) is 22.2. The number of hydrogen-bond acceptors (Lipinski definition) is 5. The van der Waals surface area contributed by atoms with Gasteiger partial charge in [-0.15, -0.1) is 0 Å². The first-order chi connectivity index (χ1) is 15.7. The van der Waals surface area contributed by atoms with E-state index in [-0.39, 0.29) is 0 Å². The van der Waals surface area contributed by atoms with E-state index in [0.29, 0.717) is 24.7 Å². The van der Waals surface area contributed by atoms with Gasteiger partial charge >= 0.3 is 0 Å². The minimum atomic E-state index is 0.475. The van der Waals surface area contributed by atoms with Crippen molar-refractivity contribution in [2.45, 2.75) is 13.5 Å². The van der Waals surface area contributed by atoms with Crippen molar-refractivity contribution in [3.63, 3.8) is 0 Å². The highest BCUT2D eigenvalue weighted by atomic mass is 79.9. The summed E-state index contributed by atoms with van der Waals surface area (Å²) in [6, 6.07) is 22.3. The molecule has 0 amide bonds. The van der Waals surface area contributed by atoms with E-state index in [4.69, 9.17) is 14.2 Å². The average Bonchev–Trinajstić information content (AvgIpc) is 2.84. The highest BCUT2D eigenvalue weighted by Crippen LogP contribution is 2.37. The predicted molar refractivity (Wildman–Crippen MR) is 133 cm³/mol. The van der Waals surface area contributed by atoms with Crippen LogP contribution in [0.1, 0.15) is 18.1 Å². The number of morpholine rings is 1. The van der Waals surface area contributed by atoms with E-state index in [9.17, 15) is 0 Å². The molecule has 0 aliphatic carbocycles. The van der Waals surface area contributed by atoms with Gasteiger partial charge in [0.1, 0.15) is 6.61 Å². The van der Waals surface area contributed by atoms with Crippen LogP contribution in [0.5, 0.6) is 11.5 Å². The fourth-order valence-electron chi connectivity index (χ4n) is 3.52. The first-order valence-electron chi connectivity index (χ1n) is 10.8. The summed E-state index contributed by atoms with van der Waals surface area (Å²) in [5, 5.41) is 0. The van der Waals surface area contributed by atoms with Crippen LogP contribution < -0.4 is 14.4 Å². The molecule has 0 unspecified atom stereocenters. The van der Waals surface area contributed by atoms with Crippen LogP contribution in [-0.2, 0) is 11.3 Å². The molecule has 0 atom stereocenters. The molecule has 1 aliphatic rings. The Morgan fingerprint density at radius 2 is 1.75 bits per heavy atom. The van der Waals surface area contributed by atoms with Crippen molar-refractivity contribution < 1.29 is 14.2 Å². The Kier molecular flexibility index (Phi) is 7.80. The quantitative estimate of drug-likeness (QED) is 0.359. The summed E-state index contributed by atoms with van der Waals surface area (Å²) in [5.74, 6) is 1.39.